The predicted molar refractivity (Wildman–Crippen MR) is 90.5 cm³/mol. The molecule has 1 aliphatic rings. The van der Waals surface area contributed by atoms with E-state index in [-0.39, 0.29) is 23.8 Å². The van der Waals surface area contributed by atoms with Crippen molar-refractivity contribution in [1.29, 1.82) is 0 Å². The molecule has 0 radical (unpaired) electrons. The van der Waals surface area contributed by atoms with Gasteiger partial charge in [-0.3, -0.25) is 0 Å². The van der Waals surface area contributed by atoms with Gasteiger partial charge in [-0.2, -0.15) is 0 Å². The third-order valence-electron chi connectivity index (χ3n) is 4.30. The summed E-state index contributed by atoms with van der Waals surface area (Å²) in [6.45, 7) is 0.521. The van der Waals surface area contributed by atoms with E-state index in [4.69, 9.17) is 4.74 Å². The van der Waals surface area contributed by atoms with Gasteiger partial charge in [0.15, 0.2) is 0 Å². The third kappa shape index (κ3) is 3.85. The maximum absolute atomic E-state index is 13.3. The normalized spacial score (nSPS) is 18.8. The van der Waals surface area contributed by atoms with Crippen LogP contribution in [-0.2, 0) is 6.54 Å². The average Bonchev–Trinajstić information content (AvgIpc) is 3.34. The largest absolute Gasteiger partial charge is 0.497 e. The molecule has 24 heavy (non-hydrogen) atoms. The minimum atomic E-state index is -0.235. The van der Waals surface area contributed by atoms with Crippen LogP contribution in [-0.4, -0.2) is 31.1 Å². The van der Waals surface area contributed by atoms with Gasteiger partial charge in [0.05, 0.1) is 7.11 Å². The van der Waals surface area contributed by atoms with Crippen LogP contribution < -0.4 is 10.1 Å². The molecule has 2 amide bonds. The van der Waals surface area contributed by atoms with Crippen LogP contribution in [0.1, 0.15) is 23.5 Å². The minimum absolute atomic E-state index is 0.0811. The summed E-state index contributed by atoms with van der Waals surface area (Å²) in [7, 11) is 3.39. The molecule has 0 saturated heterocycles. The maximum atomic E-state index is 13.3. The molecule has 1 fully saturated rings. The van der Waals surface area contributed by atoms with E-state index in [2.05, 4.69) is 5.32 Å². The number of carbonyl (C=O) groups excluding carboxylic acids is 1. The zero-order valence-electron chi connectivity index (χ0n) is 13.8. The lowest BCUT2D eigenvalue weighted by atomic mass is 10.1. The van der Waals surface area contributed by atoms with E-state index in [9.17, 15) is 9.18 Å². The van der Waals surface area contributed by atoms with E-state index in [1.807, 2.05) is 30.3 Å². The summed E-state index contributed by atoms with van der Waals surface area (Å²) in [5.41, 5.74) is 1.98. The molecule has 1 aliphatic carbocycles. The Morgan fingerprint density at radius 2 is 2.04 bits per heavy atom. The zero-order valence-corrected chi connectivity index (χ0v) is 13.8. The van der Waals surface area contributed by atoms with E-state index in [0.29, 0.717) is 6.54 Å². The fraction of sp³-hybridized carbons (Fsp3) is 0.316. The zero-order chi connectivity index (χ0) is 17.1. The molecule has 0 bridgehead atoms. The highest BCUT2D eigenvalue weighted by Crippen LogP contribution is 2.40. The molecule has 0 spiro atoms. The fourth-order valence-electron chi connectivity index (χ4n) is 2.81. The van der Waals surface area contributed by atoms with Crippen LogP contribution in [0.4, 0.5) is 9.18 Å². The number of methoxy groups -OCH3 is 1. The standard InChI is InChI=1S/C19H21FN2O2/c1-22(12-13-6-8-16(24-2)9-7-13)19(23)21-18-11-17(18)14-4-3-5-15(20)10-14/h3-10,17-18H,11-12H2,1-2H3,(H,21,23). The van der Waals surface area contributed by atoms with Gasteiger partial charge in [0.1, 0.15) is 11.6 Å². The van der Waals surface area contributed by atoms with Gasteiger partial charge >= 0.3 is 6.03 Å². The second-order valence-electron chi connectivity index (χ2n) is 6.16. The van der Waals surface area contributed by atoms with Crippen LogP contribution >= 0.6 is 0 Å². The van der Waals surface area contributed by atoms with Gasteiger partial charge in [0, 0.05) is 25.6 Å². The molecule has 126 valence electrons. The van der Waals surface area contributed by atoms with Gasteiger partial charge in [-0.1, -0.05) is 24.3 Å². The number of nitrogens with zero attached hydrogens (tertiary/aromatic N) is 1. The van der Waals surface area contributed by atoms with Gasteiger partial charge in [0.2, 0.25) is 0 Å². The van der Waals surface area contributed by atoms with Crippen LogP contribution in [0.3, 0.4) is 0 Å². The van der Waals surface area contributed by atoms with E-state index < -0.39 is 0 Å². The monoisotopic (exact) mass is 328 g/mol. The molecule has 0 heterocycles. The molecule has 0 aliphatic heterocycles. The number of benzene rings is 2. The number of hydrogen-bond donors (Lipinski definition) is 1. The summed E-state index contributed by atoms with van der Waals surface area (Å²) in [5.74, 6) is 0.766. The molecule has 0 aromatic heterocycles. The first-order valence-corrected chi connectivity index (χ1v) is 7.97. The number of halogens is 1. The van der Waals surface area contributed by atoms with Crippen molar-refractivity contribution in [3.05, 3.63) is 65.5 Å². The van der Waals surface area contributed by atoms with E-state index >= 15 is 0 Å². The Morgan fingerprint density at radius 1 is 1.29 bits per heavy atom. The third-order valence-corrected chi connectivity index (χ3v) is 4.30. The number of hydrogen-bond acceptors (Lipinski definition) is 2. The molecule has 5 heteroatoms. The van der Waals surface area contributed by atoms with Gasteiger partial charge in [-0.15, -0.1) is 0 Å². The highest BCUT2D eigenvalue weighted by molar-refractivity contribution is 5.75. The number of rotatable bonds is 5. The topological polar surface area (TPSA) is 41.6 Å². The Labute approximate surface area is 141 Å². The predicted octanol–water partition coefficient (Wildman–Crippen LogP) is 3.53. The summed E-state index contributed by atoms with van der Waals surface area (Å²) >= 11 is 0. The molecular weight excluding hydrogens is 307 g/mol. The van der Waals surface area contributed by atoms with E-state index in [0.717, 1.165) is 23.3 Å². The summed E-state index contributed by atoms with van der Waals surface area (Å²) in [6, 6.07) is 14.2. The summed E-state index contributed by atoms with van der Waals surface area (Å²) < 4.78 is 18.4. The second kappa shape index (κ2) is 6.91. The molecule has 4 nitrogen and oxygen atoms in total. The van der Waals surface area contributed by atoms with Crippen molar-refractivity contribution in [2.45, 2.75) is 24.9 Å². The van der Waals surface area contributed by atoms with Gasteiger partial charge in [-0.25, -0.2) is 9.18 Å². The average molecular weight is 328 g/mol. The molecule has 2 atom stereocenters. The molecule has 2 aromatic rings. The lowest BCUT2D eigenvalue weighted by Gasteiger charge is -2.18. The highest BCUT2D eigenvalue weighted by Gasteiger charge is 2.40. The van der Waals surface area contributed by atoms with Gasteiger partial charge in [0.25, 0.3) is 0 Å². The van der Waals surface area contributed by atoms with Crippen LogP contribution in [0.15, 0.2) is 48.5 Å². The number of urea groups is 1. The fourth-order valence-corrected chi connectivity index (χ4v) is 2.81. The smallest absolute Gasteiger partial charge is 0.317 e. The Balaban J connectivity index is 1.51. The first-order valence-electron chi connectivity index (χ1n) is 7.97. The van der Waals surface area contributed by atoms with Crippen LogP contribution in [0, 0.1) is 5.82 Å². The van der Waals surface area contributed by atoms with Crippen LogP contribution in [0.2, 0.25) is 0 Å². The number of ether oxygens (including phenoxy) is 1. The van der Waals surface area contributed by atoms with E-state index in [1.165, 1.54) is 12.1 Å². The summed E-state index contributed by atoms with van der Waals surface area (Å²) in [6.07, 6.45) is 0.853. The maximum Gasteiger partial charge on any atom is 0.317 e. The molecule has 2 unspecified atom stereocenters. The first-order chi connectivity index (χ1) is 11.6. The molecule has 2 aromatic carbocycles. The highest BCUT2D eigenvalue weighted by atomic mass is 19.1. The quantitative estimate of drug-likeness (QED) is 0.912. The van der Waals surface area contributed by atoms with Gasteiger partial charge < -0.3 is 15.0 Å². The van der Waals surface area contributed by atoms with Crippen molar-refractivity contribution in [2.75, 3.05) is 14.2 Å². The molecule has 1 saturated carbocycles. The van der Waals surface area contributed by atoms with Crippen molar-refractivity contribution in [1.82, 2.24) is 10.2 Å². The first kappa shape index (κ1) is 16.3. The number of carbonyl (C=O) groups is 1. The molecule has 1 N–H and O–H groups in total. The Bertz CT molecular complexity index is 718. The molecular formula is C19H21FN2O2. The number of nitrogens with one attached hydrogen (secondary N) is 1. The van der Waals surface area contributed by atoms with Crippen molar-refractivity contribution < 1.29 is 13.9 Å². The lowest BCUT2D eigenvalue weighted by molar-refractivity contribution is 0.206. The van der Waals surface area contributed by atoms with Crippen LogP contribution in [0.5, 0.6) is 5.75 Å². The van der Waals surface area contributed by atoms with Crippen molar-refractivity contribution in [3.8, 4) is 5.75 Å². The van der Waals surface area contributed by atoms with Crippen molar-refractivity contribution >= 4 is 6.03 Å². The van der Waals surface area contributed by atoms with Gasteiger partial charge in [-0.05, 0) is 41.8 Å². The Hall–Kier alpha value is -2.56. The van der Waals surface area contributed by atoms with Crippen molar-refractivity contribution in [2.24, 2.45) is 0 Å². The second-order valence-corrected chi connectivity index (χ2v) is 6.16. The SMILES string of the molecule is COc1ccc(CN(C)C(=O)NC2CC2c2cccc(F)c2)cc1. The Morgan fingerprint density at radius 3 is 2.71 bits per heavy atom. The number of amides is 2. The van der Waals surface area contributed by atoms with Crippen molar-refractivity contribution in [3.63, 3.8) is 0 Å². The Kier molecular flexibility index (Phi) is 4.69. The minimum Gasteiger partial charge on any atom is -0.497 e. The summed E-state index contributed by atoms with van der Waals surface area (Å²) in [4.78, 5) is 13.9. The molecule has 3 rings (SSSR count). The van der Waals surface area contributed by atoms with E-state index in [1.54, 1.807) is 25.1 Å². The lowest BCUT2D eigenvalue weighted by Crippen LogP contribution is -2.38. The summed E-state index contributed by atoms with van der Waals surface area (Å²) in [5, 5.41) is 3.00. The van der Waals surface area contributed by atoms with Crippen LogP contribution in [0.25, 0.3) is 0 Å².